The zero-order valence-corrected chi connectivity index (χ0v) is 10.7. The molecule has 1 aromatic carbocycles. The van der Waals surface area contributed by atoms with E-state index in [2.05, 4.69) is 17.1 Å². The lowest BCUT2D eigenvalue weighted by molar-refractivity contribution is 0.472. The van der Waals surface area contributed by atoms with Crippen LogP contribution in [0.25, 0.3) is 0 Å². The lowest BCUT2D eigenvalue weighted by atomic mass is 10.2. The minimum atomic E-state index is -0.0837. The Morgan fingerprint density at radius 2 is 2.33 bits per heavy atom. The number of allylic oxidation sites excluding steroid dienone is 1. The van der Waals surface area contributed by atoms with Crippen LogP contribution in [0.15, 0.2) is 48.1 Å². The minimum absolute atomic E-state index is 0.0837. The molecule has 94 valence electrons. The van der Waals surface area contributed by atoms with Gasteiger partial charge in [-0.1, -0.05) is 23.8 Å². The predicted molar refractivity (Wildman–Crippen MR) is 75.0 cm³/mol. The molecular formula is C13H14ClN3O. The fourth-order valence-electron chi connectivity index (χ4n) is 1.68. The van der Waals surface area contributed by atoms with E-state index in [0.717, 1.165) is 5.71 Å². The highest BCUT2D eigenvalue weighted by molar-refractivity contribution is 6.31. The maximum absolute atomic E-state index is 9.82. The van der Waals surface area contributed by atoms with Crippen LogP contribution in [0.3, 0.4) is 0 Å². The van der Waals surface area contributed by atoms with Gasteiger partial charge >= 0.3 is 0 Å². The summed E-state index contributed by atoms with van der Waals surface area (Å²) in [6.07, 6.45) is 5.54. The smallest absolute Gasteiger partial charge is 0.142 e. The highest BCUT2D eigenvalue weighted by Crippen LogP contribution is 2.31. The number of benzene rings is 1. The number of aromatic hydroxyl groups is 1. The zero-order chi connectivity index (χ0) is 13.1. The second kappa shape index (κ2) is 5.25. The number of anilines is 1. The number of halogens is 1. The molecule has 0 saturated heterocycles. The highest BCUT2D eigenvalue weighted by Gasteiger charge is 2.24. The van der Waals surface area contributed by atoms with Crippen molar-refractivity contribution in [1.29, 1.82) is 0 Å². The van der Waals surface area contributed by atoms with E-state index in [1.807, 2.05) is 19.1 Å². The molecule has 18 heavy (non-hydrogen) atoms. The number of nitrogens with zero attached hydrogens (tertiary/aromatic N) is 2. The first-order valence-electron chi connectivity index (χ1n) is 5.54. The van der Waals surface area contributed by atoms with Crippen LogP contribution in [0.4, 0.5) is 5.69 Å². The van der Waals surface area contributed by atoms with E-state index in [0.29, 0.717) is 10.7 Å². The Morgan fingerprint density at radius 3 is 3.00 bits per heavy atom. The molecule has 1 aliphatic rings. The molecule has 0 amide bonds. The predicted octanol–water partition coefficient (Wildman–Crippen LogP) is 2.86. The van der Waals surface area contributed by atoms with Gasteiger partial charge in [0, 0.05) is 5.02 Å². The molecule has 1 aromatic rings. The molecule has 1 unspecified atom stereocenters. The lowest BCUT2D eigenvalue weighted by Gasteiger charge is -2.17. The summed E-state index contributed by atoms with van der Waals surface area (Å²) < 4.78 is 0. The Kier molecular flexibility index (Phi) is 3.69. The third-order valence-electron chi connectivity index (χ3n) is 2.53. The van der Waals surface area contributed by atoms with Crippen molar-refractivity contribution in [1.82, 2.24) is 5.43 Å². The molecule has 0 aromatic heterocycles. The fraction of sp³-hybridized carbons (Fsp3) is 0.154. The van der Waals surface area contributed by atoms with Crippen molar-refractivity contribution in [3.05, 3.63) is 48.0 Å². The Balaban J connectivity index is 2.36. The molecule has 0 saturated carbocycles. The summed E-state index contributed by atoms with van der Waals surface area (Å²) in [5, 5.41) is 16.2. The van der Waals surface area contributed by atoms with Gasteiger partial charge in [0.15, 0.2) is 0 Å². The molecule has 2 rings (SSSR count). The first kappa shape index (κ1) is 12.7. The second-order valence-corrected chi connectivity index (χ2v) is 4.25. The van der Waals surface area contributed by atoms with Crippen LogP contribution >= 0.6 is 11.6 Å². The highest BCUT2D eigenvalue weighted by atomic mass is 35.5. The maximum atomic E-state index is 9.82. The van der Waals surface area contributed by atoms with E-state index < -0.39 is 0 Å². The summed E-state index contributed by atoms with van der Waals surface area (Å²) >= 11 is 5.91. The number of hydrazine groups is 1. The average molecular weight is 264 g/mol. The third kappa shape index (κ3) is 2.39. The summed E-state index contributed by atoms with van der Waals surface area (Å²) in [4.78, 5) is 0. The van der Waals surface area contributed by atoms with Crippen molar-refractivity contribution < 1.29 is 5.11 Å². The average Bonchev–Trinajstić information content (AvgIpc) is 2.76. The number of hydrogen-bond donors (Lipinski definition) is 2. The van der Waals surface area contributed by atoms with Crippen molar-refractivity contribution in [2.24, 2.45) is 5.10 Å². The van der Waals surface area contributed by atoms with Crippen LogP contribution in [-0.2, 0) is 0 Å². The molecule has 0 aliphatic carbocycles. The van der Waals surface area contributed by atoms with Crippen molar-refractivity contribution in [3.63, 3.8) is 0 Å². The van der Waals surface area contributed by atoms with Crippen molar-refractivity contribution in [2.75, 3.05) is 5.12 Å². The number of nitrogens with one attached hydrogen (secondary N) is 1. The number of rotatable bonds is 3. The van der Waals surface area contributed by atoms with Gasteiger partial charge in [0.2, 0.25) is 0 Å². The van der Waals surface area contributed by atoms with E-state index in [9.17, 15) is 5.11 Å². The number of phenols is 1. The van der Waals surface area contributed by atoms with Crippen LogP contribution in [0.1, 0.15) is 6.92 Å². The van der Waals surface area contributed by atoms with E-state index >= 15 is 0 Å². The van der Waals surface area contributed by atoms with Gasteiger partial charge in [-0.25, -0.2) is 0 Å². The Morgan fingerprint density at radius 1 is 1.56 bits per heavy atom. The van der Waals surface area contributed by atoms with Gasteiger partial charge < -0.3 is 5.11 Å². The standard InChI is InChI=1S/C13H14ClN3O/c1-3-5-11-10(4-2)15-17(16-11)12-8-9(14)6-7-13(12)18/h3-8,10,15,18H,2H2,1H3/b5-3-. The molecule has 0 radical (unpaired) electrons. The first-order chi connectivity index (χ1) is 8.65. The Hall–Kier alpha value is -1.78. The van der Waals surface area contributed by atoms with Gasteiger partial charge in [0.1, 0.15) is 11.4 Å². The van der Waals surface area contributed by atoms with Crippen LogP contribution in [-0.4, -0.2) is 16.9 Å². The summed E-state index contributed by atoms with van der Waals surface area (Å²) in [5.74, 6) is 0.111. The third-order valence-corrected chi connectivity index (χ3v) is 2.77. The molecular weight excluding hydrogens is 250 g/mol. The van der Waals surface area contributed by atoms with Crippen molar-refractivity contribution in [2.45, 2.75) is 13.0 Å². The molecule has 0 bridgehead atoms. The number of hydrogen-bond acceptors (Lipinski definition) is 4. The normalized spacial score (nSPS) is 19.3. The van der Waals surface area contributed by atoms with Gasteiger partial charge in [-0.15, -0.1) is 6.58 Å². The van der Waals surface area contributed by atoms with Crippen LogP contribution in [0, 0.1) is 0 Å². The minimum Gasteiger partial charge on any atom is -0.506 e. The molecule has 4 nitrogen and oxygen atoms in total. The Bertz CT molecular complexity index is 525. The topological polar surface area (TPSA) is 47.9 Å². The van der Waals surface area contributed by atoms with Crippen molar-refractivity contribution >= 4 is 23.0 Å². The van der Waals surface area contributed by atoms with E-state index in [1.165, 1.54) is 11.2 Å². The molecule has 0 fully saturated rings. The molecule has 2 N–H and O–H groups in total. The maximum Gasteiger partial charge on any atom is 0.142 e. The summed E-state index contributed by atoms with van der Waals surface area (Å²) in [5.41, 5.74) is 4.44. The van der Waals surface area contributed by atoms with Crippen LogP contribution < -0.4 is 10.5 Å². The Labute approximate surface area is 111 Å². The van der Waals surface area contributed by atoms with E-state index in [4.69, 9.17) is 11.6 Å². The number of phenolic OH excluding ortho intramolecular Hbond substituents is 1. The lowest BCUT2D eigenvalue weighted by Crippen LogP contribution is -2.36. The summed E-state index contributed by atoms with van der Waals surface area (Å²) in [6, 6.07) is 4.72. The van der Waals surface area contributed by atoms with Crippen LogP contribution in [0.2, 0.25) is 5.02 Å². The zero-order valence-electron chi connectivity index (χ0n) is 9.97. The van der Waals surface area contributed by atoms with Gasteiger partial charge in [0.25, 0.3) is 0 Å². The summed E-state index contributed by atoms with van der Waals surface area (Å²) in [7, 11) is 0. The first-order valence-corrected chi connectivity index (χ1v) is 5.92. The van der Waals surface area contributed by atoms with Gasteiger partial charge in [0.05, 0.1) is 11.8 Å². The summed E-state index contributed by atoms with van der Waals surface area (Å²) in [6.45, 7) is 5.67. The molecule has 1 aliphatic heterocycles. The van der Waals surface area contributed by atoms with Gasteiger partial charge in [-0.05, 0) is 31.2 Å². The van der Waals surface area contributed by atoms with Gasteiger partial charge in [-0.2, -0.15) is 15.6 Å². The molecule has 1 atom stereocenters. The molecule has 1 heterocycles. The monoisotopic (exact) mass is 263 g/mol. The second-order valence-electron chi connectivity index (χ2n) is 3.81. The number of hydrazone groups is 1. The fourth-order valence-corrected chi connectivity index (χ4v) is 1.84. The van der Waals surface area contributed by atoms with E-state index in [-0.39, 0.29) is 11.8 Å². The molecule has 5 heteroatoms. The van der Waals surface area contributed by atoms with Crippen LogP contribution in [0.5, 0.6) is 5.75 Å². The van der Waals surface area contributed by atoms with Crippen molar-refractivity contribution in [3.8, 4) is 5.75 Å². The SMILES string of the molecule is C=CC1NN(c2cc(Cl)ccc2O)N=C1/C=C\C. The largest absolute Gasteiger partial charge is 0.506 e. The molecule has 0 spiro atoms. The quantitative estimate of drug-likeness (QED) is 0.825. The van der Waals surface area contributed by atoms with E-state index in [1.54, 1.807) is 18.2 Å². The van der Waals surface area contributed by atoms with Gasteiger partial charge in [-0.3, -0.25) is 0 Å².